The highest BCUT2D eigenvalue weighted by Gasteiger charge is 2.39. The van der Waals surface area contributed by atoms with Crippen LogP contribution in [0.1, 0.15) is 27.7 Å². The van der Waals surface area contributed by atoms with Gasteiger partial charge in [-0.2, -0.15) is 5.26 Å². The van der Waals surface area contributed by atoms with Crippen LogP contribution in [-0.2, 0) is 4.43 Å². The van der Waals surface area contributed by atoms with Gasteiger partial charge in [-0.3, -0.25) is 0 Å². The molecule has 0 fully saturated rings. The largest absolute Gasteiger partial charge is 0.536 e. The highest BCUT2D eigenvalue weighted by molar-refractivity contribution is 6.74. The molecular formula is C13H21NOSi. The van der Waals surface area contributed by atoms with E-state index in [1.165, 1.54) is 0 Å². The first-order chi connectivity index (χ1) is 7.24. The lowest BCUT2D eigenvalue weighted by Gasteiger charge is -2.35. The molecule has 0 aromatic heterocycles. The van der Waals surface area contributed by atoms with E-state index in [1.807, 2.05) is 6.92 Å². The first-order valence-electron chi connectivity index (χ1n) is 5.41. The lowest BCUT2D eigenvalue weighted by molar-refractivity contribution is 0.403. The van der Waals surface area contributed by atoms with Gasteiger partial charge in [-0.1, -0.05) is 20.8 Å². The molecular weight excluding hydrogens is 214 g/mol. The SMILES string of the molecule is CC=C=C/C=C(\C#N)O[Si](C)(C)C(C)(C)C. The van der Waals surface area contributed by atoms with Crippen molar-refractivity contribution in [1.82, 2.24) is 0 Å². The Bertz CT molecular complexity index is 360. The normalized spacial score (nSPS) is 12.4. The maximum atomic E-state index is 8.98. The van der Waals surface area contributed by atoms with Crippen molar-refractivity contribution in [1.29, 1.82) is 5.26 Å². The monoisotopic (exact) mass is 235 g/mol. The van der Waals surface area contributed by atoms with Crippen molar-refractivity contribution in [2.24, 2.45) is 0 Å². The zero-order chi connectivity index (χ0) is 12.8. The molecule has 0 rings (SSSR count). The lowest BCUT2D eigenvalue weighted by Crippen LogP contribution is -2.40. The molecule has 0 aliphatic carbocycles. The molecule has 0 saturated heterocycles. The number of hydrogen-bond donors (Lipinski definition) is 0. The second-order valence-electron chi connectivity index (χ2n) is 5.13. The van der Waals surface area contributed by atoms with Crippen LogP contribution in [0.5, 0.6) is 0 Å². The minimum Gasteiger partial charge on any atom is -0.536 e. The van der Waals surface area contributed by atoms with Gasteiger partial charge in [-0.25, -0.2) is 0 Å². The van der Waals surface area contributed by atoms with Gasteiger partial charge in [0.05, 0.1) is 0 Å². The van der Waals surface area contributed by atoms with E-state index in [0.29, 0.717) is 5.76 Å². The van der Waals surface area contributed by atoms with E-state index in [4.69, 9.17) is 9.69 Å². The predicted molar refractivity (Wildman–Crippen MR) is 70.3 cm³/mol. The smallest absolute Gasteiger partial charge is 0.251 e. The van der Waals surface area contributed by atoms with Crippen LogP contribution >= 0.6 is 0 Å². The minimum atomic E-state index is -1.90. The highest BCUT2D eigenvalue weighted by Crippen LogP contribution is 2.37. The third kappa shape index (κ3) is 4.52. The summed E-state index contributed by atoms with van der Waals surface area (Å²) in [6.45, 7) is 12.6. The van der Waals surface area contributed by atoms with Crippen LogP contribution < -0.4 is 0 Å². The van der Waals surface area contributed by atoms with Gasteiger partial charge in [0.1, 0.15) is 6.07 Å². The van der Waals surface area contributed by atoms with Crippen molar-refractivity contribution < 1.29 is 4.43 Å². The molecule has 2 nitrogen and oxygen atoms in total. The van der Waals surface area contributed by atoms with Crippen molar-refractivity contribution >= 4 is 8.32 Å². The van der Waals surface area contributed by atoms with E-state index in [2.05, 4.69) is 45.7 Å². The molecule has 0 aromatic carbocycles. The van der Waals surface area contributed by atoms with Gasteiger partial charge in [0.25, 0.3) is 8.32 Å². The van der Waals surface area contributed by atoms with Gasteiger partial charge in [0.2, 0.25) is 0 Å². The molecule has 3 heteroatoms. The summed E-state index contributed by atoms with van der Waals surface area (Å²) in [6.07, 6.45) is 5.16. The standard InChI is InChI=1S/C13H21NOSi/c1-7-8-9-10-12(11-14)15-16(5,6)13(2,3)4/h7,9-10H,1-6H3/b12-10+. The fourth-order valence-electron chi connectivity index (χ4n) is 0.742. The van der Waals surface area contributed by atoms with Crippen molar-refractivity contribution in [2.45, 2.75) is 45.8 Å². The van der Waals surface area contributed by atoms with Gasteiger partial charge in [-0.15, -0.1) is 5.73 Å². The zero-order valence-corrected chi connectivity index (χ0v) is 12.1. The van der Waals surface area contributed by atoms with Crippen molar-refractivity contribution in [3.05, 3.63) is 29.7 Å². The van der Waals surface area contributed by atoms with E-state index in [0.717, 1.165) is 0 Å². The quantitative estimate of drug-likeness (QED) is 0.242. The van der Waals surface area contributed by atoms with Crippen LogP contribution in [0.15, 0.2) is 29.7 Å². The molecule has 0 bridgehead atoms. The van der Waals surface area contributed by atoms with Crippen LogP contribution in [0, 0.1) is 11.3 Å². The Morgan fingerprint density at radius 2 is 1.88 bits per heavy atom. The van der Waals surface area contributed by atoms with Gasteiger partial charge in [0.15, 0.2) is 5.76 Å². The number of nitriles is 1. The summed E-state index contributed by atoms with van der Waals surface area (Å²) in [4.78, 5) is 0. The van der Waals surface area contributed by atoms with Crippen molar-refractivity contribution in [2.75, 3.05) is 0 Å². The topological polar surface area (TPSA) is 33.0 Å². The molecule has 0 radical (unpaired) electrons. The van der Waals surface area contributed by atoms with Crippen LogP contribution in [0.2, 0.25) is 18.1 Å². The van der Waals surface area contributed by atoms with Crippen LogP contribution in [0.4, 0.5) is 0 Å². The minimum absolute atomic E-state index is 0.104. The zero-order valence-electron chi connectivity index (χ0n) is 11.1. The number of hydrogen-bond acceptors (Lipinski definition) is 2. The Kier molecular flexibility index (Phi) is 5.30. The molecule has 0 N–H and O–H groups in total. The Hall–Kier alpha value is -1.23. The van der Waals surface area contributed by atoms with Crippen LogP contribution in [0.3, 0.4) is 0 Å². The second-order valence-corrected chi connectivity index (χ2v) is 9.85. The summed E-state index contributed by atoms with van der Waals surface area (Å²) < 4.78 is 5.85. The molecule has 0 atom stereocenters. The molecule has 0 aliphatic heterocycles. The van der Waals surface area contributed by atoms with Gasteiger partial charge >= 0.3 is 0 Å². The molecule has 0 saturated carbocycles. The maximum absolute atomic E-state index is 8.98. The van der Waals surface area contributed by atoms with Crippen molar-refractivity contribution in [3.8, 4) is 6.07 Å². The number of rotatable bonds is 3. The summed E-state index contributed by atoms with van der Waals surface area (Å²) in [5.74, 6) is 0.376. The lowest BCUT2D eigenvalue weighted by atomic mass is 10.2. The third-order valence-corrected chi connectivity index (χ3v) is 7.12. The third-order valence-electron chi connectivity index (χ3n) is 2.78. The summed E-state index contributed by atoms with van der Waals surface area (Å²) in [5, 5.41) is 9.08. The molecule has 0 amide bonds. The Labute approximate surface area is 100 Å². The van der Waals surface area contributed by atoms with E-state index < -0.39 is 8.32 Å². The average molecular weight is 235 g/mol. The fraction of sp³-hybridized carbons (Fsp3) is 0.538. The molecule has 16 heavy (non-hydrogen) atoms. The molecule has 0 heterocycles. The van der Waals surface area contributed by atoms with E-state index in [9.17, 15) is 0 Å². The van der Waals surface area contributed by atoms with E-state index >= 15 is 0 Å². The van der Waals surface area contributed by atoms with Gasteiger partial charge in [0, 0.05) is 0 Å². The first kappa shape index (κ1) is 14.8. The summed E-state index contributed by atoms with van der Waals surface area (Å²) >= 11 is 0. The highest BCUT2D eigenvalue weighted by atomic mass is 28.4. The second kappa shape index (κ2) is 5.74. The summed E-state index contributed by atoms with van der Waals surface area (Å²) in [7, 11) is -1.90. The predicted octanol–water partition coefficient (Wildman–Crippen LogP) is 4.15. The van der Waals surface area contributed by atoms with Gasteiger partial charge < -0.3 is 4.43 Å². The Morgan fingerprint density at radius 1 is 1.31 bits per heavy atom. The van der Waals surface area contributed by atoms with E-state index in [-0.39, 0.29) is 5.04 Å². The molecule has 0 aliphatic rings. The molecule has 0 aromatic rings. The molecule has 0 unspecified atom stereocenters. The van der Waals surface area contributed by atoms with Crippen LogP contribution in [0.25, 0.3) is 0 Å². The summed E-state index contributed by atoms with van der Waals surface area (Å²) in [6, 6.07) is 2.08. The van der Waals surface area contributed by atoms with Crippen molar-refractivity contribution in [3.63, 3.8) is 0 Å². The Balaban J connectivity index is 4.89. The number of allylic oxidation sites excluding steroid dienone is 3. The summed E-state index contributed by atoms with van der Waals surface area (Å²) in [5.41, 5.74) is 2.90. The molecule has 88 valence electrons. The van der Waals surface area contributed by atoms with E-state index in [1.54, 1.807) is 18.2 Å². The van der Waals surface area contributed by atoms with Crippen LogP contribution in [-0.4, -0.2) is 8.32 Å². The maximum Gasteiger partial charge on any atom is 0.251 e. The number of nitrogens with zero attached hydrogens (tertiary/aromatic N) is 1. The molecule has 0 spiro atoms. The first-order valence-corrected chi connectivity index (χ1v) is 8.32. The average Bonchev–Trinajstić information content (AvgIpc) is 2.14. The Morgan fingerprint density at radius 3 is 2.25 bits per heavy atom. The van der Waals surface area contributed by atoms with Gasteiger partial charge in [-0.05, 0) is 43.3 Å². The fourth-order valence-corrected chi connectivity index (χ4v) is 1.71.